The number of rotatable bonds is 3. The number of hydrogen-bond acceptors (Lipinski definition) is 4. The van der Waals surface area contributed by atoms with E-state index in [9.17, 15) is 9.18 Å². The Morgan fingerprint density at radius 2 is 1.94 bits per heavy atom. The first-order chi connectivity index (χ1) is 14.9. The van der Waals surface area contributed by atoms with Gasteiger partial charge in [0.1, 0.15) is 17.7 Å². The summed E-state index contributed by atoms with van der Waals surface area (Å²) in [7, 11) is 0. The van der Waals surface area contributed by atoms with Crippen LogP contribution in [0.15, 0.2) is 42.5 Å². The fourth-order valence-electron chi connectivity index (χ4n) is 5.12. The maximum atomic E-state index is 13.7. The third kappa shape index (κ3) is 4.01. The van der Waals surface area contributed by atoms with Crippen molar-refractivity contribution in [2.24, 2.45) is 11.3 Å². The number of nitrogens with one attached hydrogen (secondary N) is 1. The van der Waals surface area contributed by atoms with Crippen LogP contribution in [-0.2, 0) is 4.74 Å². The Hall–Kier alpha value is -2.60. The van der Waals surface area contributed by atoms with Gasteiger partial charge in [0.15, 0.2) is 0 Å². The molecule has 5 nitrogen and oxygen atoms in total. The third-order valence-corrected chi connectivity index (χ3v) is 6.98. The maximum Gasteiger partial charge on any atom is 0.407 e. The fraction of sp³-hybridized carbons (Fsp3) is 0.480. The maximum absolute atomic E-state index is 13.7. The van der Waals surface area contributed by atoms with Gasteiger partial charge in [0.2, 0.25) is 0 Å². The predicted molar refractivity (Wildman–Crippen MR) is 116 cm³/mol. The first-order valence-corrected chi connectivity index (χ1v) is 11.1. The van der Waals surface area contributed by atoms with Crippen LogP contribution in [0.3, 0.4) is 0 Å². The van der Waals surface area contributed by atoms with Crippen molar-refractivity contribution in [3.8, 4) is 16.9 Å². The molecule has 3 saturated heterocycles. The molecule has 2 aromatic carbocycles. The first kappa shape index (κ1) is 20.3. The van der Waals surface area contributed by atoms with Gasteiger partial charge in [0, 0.05) is 17.5 Å². The van der Waals surface area contributed by atoms with Crippen LogP contribution in [0.1, 0.15) is 38.3 Å². The molecule has 31 heavy (non-hydrogen) atoms. The average molecular weight is 425 g/mol. The molecule has 6 rings (SSSR count). The van der Waals surface area contributed by atoms with E-state index < -0.39 is 0 Å². The van der Waals surface area contributed by atoms with Crippen molar-refractivity contribution >= 4 is 6.09 Å². The van der Waals surface area contributed by atoms with Gasteiger partial charge in [0.25, 0.3) is 0 Å². The number of carbonyl (C=O) groups is 1. The molecule has 0 spiro atoms. The van der Waals surface area contributed by atoms with Crippen molar-refractivity contribution in [3.63, 3.8) is 0 Å². The molecule has 1 unspecified atom stereocenters. The van der Waals surface area contributed by atoms with Crippen LogP contribution in [0.5, 0.6) is 5.75 Å². The van der Waals surface area contributed by atoms with E-state index in [1.54, 1.807) is 6.07 Å². The Morgan fingerprint density at radius 1 is 1.16 bits per heavy atom. The highest BCUT2D eigenvalue weighted by molar-refractivity contribution is 5.70. The lowest BCUT2D eigenvalue weighted by Gasteiger charge is -2.44. The van der Waals surface area contributed by atoms with Gasteiger partial charge < -0.3 is 14.8 Å². The third-order valence-electron chi connectivity index (χ3n) is 6.98. The van der Waals surface area contributed by atoms with Gasteiger partial charge >= 0.3 is 6.09 Å². The van der Waals surface area contributed by atoms with Gasteiger partial charge in [-0.3, -0.25) is 4.90 Å². The molecule has 0 aliphatic carbocycles. The van der Waals surface area contributed by atoms with Crippen LogP contribution in [0.4, 0.5) is 9.18 Å². The lowest BCUT2D eigenvalue weighted by atomic mass is 9.78. The number of nitrogens with zero attached hydrogens (tertiary/aromatic N) is 1. The summed E-state index contributed by atoms with van der Waals surface area (Å²) in [5, 5.41) is 3.12. The summed E-state index contributed by atoms with van der Waals surface area (Å²) < 4.78 is 25.6. The number of fused-ring (bicyclic) bond motifs is 4. The van der Waals surface area contributed by atoms with Crippen molar-refractivity contribution in [3.05, 3.63) is 53.8 Å². The van der Waals surface area contributed by atoms with Crippen LogP contribution in [0, 0.1) is 17.2 Å². The highest BCUT2D eigenvalue weighted by Crippen LogP contribution is 2.44. The van der Waals surface area contributed by atoms with Gasteiger partial charge in [-0.2, -0.15) is 0 Å². The van der Waals surface area contributed by atoms with E-state index >= 15 is 0 Å². The summed E-state index contributed by atoms with van der Waals surface area (Å²) in [5.74, 6) is 0.918. The Morgan fingerprint density at radius 3 is 2.65 bits per heavy atom. The Kier molecular flexibility index (Phi) is 5.13. The SMILES string of the molecule is CC1(C)COc2cc(-c3cccc(F)c3)ccc2C1NC(=O)O[C@H]1CN2CCC1CC2. The lowest BCUT2D eigenvalue weighted by molar-refractivity contribution is -0.0361. The normalized spacial score (nSPS) is 28.4. The van der Waals surface area contributed by atoms with Crippen molar-refractivity contribution in [2.45, 2.75) is 38.8 Å². The minimum atomic E-state index is -0.362. The fourth-order valence-corrected chi connectivity index (χ4v) is 5.12. The van der Waals surface area contributed by atoms with Gasteiger partial charge in [-0.25, -0.2) is 9.18 Å². The highest BCUT2D eigenvalue weighted by atomic mass is 19.1. The van der Waals surface area contributed by atoms with Crippen LogP contribution in [0.25, 0.3) is 11.1 Å². The Labute approximate surface area is 182 Å². The zero-order chi connectivity index (χ0) is 21.6. The largest absolute Gasteiger partial charge is 0.493 e. The summed E-state index contributed by atoms with van der Waals surface area (Å²) in [6.07, 6.45) is 1.82. The van der Waals surface area contributed by atoms with Crippen molar-refractivity contribution in [1.29, 1.82) is 0 Å². The molecule has 0 aromatic heterocycles. The van der Waals surface area contributed by atoms with E-state index in [-0.39, 0.29) is 29.5 Å². The van der Waals surface area contributed by atoms with Gasteiger partial charge in [-0.05, 0) is 61.2 Å². The van der Waals surface area contributed by atoms with Crippen LogP contribution in [-0.4, -0.2) is 43.3 Å². The Balaban J connectivity index is 1.35. The van der Waals surface area contributed by atoms with Crippen molar-refractivity contribution < 1.29 is 18.7 Å². The highest BCUT2D eigenvalue weighted by Gasteiger charge is 2.41. The van der Waals surface area contributed by atoms with E-state index in [0.29, 0.717) is 18.3 Å². The standard InChI is InChI=1S/C25H29FN2O3/c1-25(2)15-30-21-13-18(17-4-3-5-19(26)12-17)6-7-20(21)23(25)27-24(29)31-22-14-28-10-8-16(22)9-11-28/h3-7,12-13,16,22-23H,8-11,14-15H2,1-2H3,(H,27,29)/t22-,23?/m0/s1. The Bertz CT molecular complexity index is 984. The summed E-state index contributed by atoms with van der Waals surface area (Å²) >= 11 is 0. The van der Waals surface area contributed by atoms with Crippen LogP contribution >= 0.6 is 0 Å². The minimum absolute atomic E-state index is 0.0275. The van der Waals surface area contributed by atoms with E-state index in [1.165, 1.54) is 12.1 Å². The number of halogens is 1. The molecule has 1 amide bonds. The number of ether oxygens (including phenoxy) is 2. The molecular weight excluding hydrogens is 395 g/mol. The van der Waals surface area contributed by atoms with E-state index in [0.717, 1.165) is 49.2 Å². The molecule has 0 radical (unpaired) electrons. The molecule has 4 heterocycles. The second-order valence-corrected chi connectivity index (χ2v) is 9.70. The summed E-state index contributed by atoms with van der Waals surface area (Å²) in [6, 6.07) is 12.1. The number of alkyl carbamates (subject to hydrolysis) is 1. The topological polar surface area (TPSA) is 50.8 Å². The van der Waals surface area contributed by atoms with Crippen molar-refractivity contribution in [1.82, 2.24) is 10.2 Å². The summed E-state index contributed by atoms with van der Waals surface area (Å²) in [4.78, 5) is 15.2. The molecule has 1 N–H and O–H groups in total. The molecule has 6 heteroatoms. The monoisotopic (exact) mass is 424 g/mol. The molecule has 2 aromatic rings. The molecule has 3 fully saturated rings. The number of carbonyl (C=O) groups excluding carboxylic acids is 1. The second kappa shape index (κ2) is 7.83. The zero-order valence-electron chi connectivity index (χ0n) is 18.1. The van der Waals surface area contributed by atoms with Crippen LogP contribution in [0.2, 0.25) is 0 Å². The molecule has 4 aliphatic rings. The molecule has 164 valence electrons. The molecule has 2 bridgehead atoms. The average Bonchev–Trinajstić information content (AvgIpc) is 2.76. The van der Waals surface area contributed by atoms with E-state index in [4.69, 9.17) is 9.47 Å². The number of hydrogen-bond donors (Lipinski definition) is 1. The second-order valence-electron chi connectivity index (χ2n) is 9.70. The molecule has 0 saturated carbocycles. The van der Waals surface area contributed by atoms with E-state index in [1.807, 2.05) is 24.3 Å². The number of piperidine rings is 3. The molecule has 2 atom stereocenters. The summed E-state index contributed by atoms with van der Waals surface area (Å²) in [6.45, 7) is 7.69. The predicted octanol–water partition coefficient (Wildman–Crippen LogP) is 4.77. The molecular formula is C25H29FN2O3. The smallest absolute Gasteiger partial charge is 0.407 e. The first-order valence-electron chi connectivity index (χ1n) is 11.1. The minimum Gasteiger partial charge on any atom is -0.493 e. The van der Waals surface area contributed by atoms with Gasteiger partial charge in [-0.15, -0.1) is 0 Å². The van der Waals surface area contributed by atoms with Gasteiger partial charge in [0.05, 0.1) is 12.6 Å². The van der Waals surface area contributed by atoms with Crippen LogP contribution < -0.4 is 10.1 Å². The lowest BCUT2D eigenvalue weighted by Crippen LogP contribution is -2.53. The quantitative estimate of drug-likeness (QED) is 0.771. The summed E-state index contributed by atoms with van der Waals surface area (Å²) in [5.41, 5.74) is 2.30. The van der Waals surface area contributed by atoms with Gasteiger partial charge in [-0.1, -0.05) is 38.1 Å². The number of benzene rings is 2. The zero-order valence-corrected chi connectivity index (χ0v) is 18.1. The van der Waals surface area contributed by atoms with Crippen molar-refractivity contribution in [2.75, 3.05) is 26.2 Å². The number of amides is 1. The molecule has 4 aliphatic heterocycles. The van der Waals surface area contributed by atoms with E-state index in [2.05, 4.69) is 24.1 Å².